The van der Waals surface area contributed by atoms with Crippen LogP contribution in [0.25, 0.3) is 0 Å². The van der Waals surface area contributed by atoms with E-state index in [1.807, 2.05) is 13.0 Å². The summed E-state index contributed by atoms with van der Waals surface area (Å²) in [7, 11) is 0. The molecule has 2 aromatic rings. The fourth-order valence-electron chi connectivity index (χ4n) is 2.52. The van der Waals surface area contributed by atoms with E-state index in [2.05, 4.69) is 22.4 Å². The molecule has 0 radical (unpaired) electrons. The molecule has 1 saturated carbocycles. The number of rotatable bonds is 5. The van der Waals surface area contributed by atoms with Gasteiger partial charge in [0.25, 0.3) is 0 Å². The molecular formula is C16H19FN2S. The molecule has 2 nitrogen and oxygen atoms in total. The van der Waals surface area contributed by atoms with E-state index in [1.165, 1.54) is 23.8 Å². The second kappa shape index (κ2) is 5.54. The molecule has 0 spiro atoms. The second-order valence-corrected chi connectivity index (χ2v) is 6.46. The van der Waals surface area contributed by atoms with Crippen molar-refractivity contribution in [3.8, 4) is 0 Å². The molecule has 1 aromatic heterocycles. The van der Waals surface area contributed by atoms with Gasteiger partial charge in [-0.15, -0.1) is 11.3 Å². The minimum atomic E-state index is -0.215. The number of thiophene rings is 1. The van der Waals surface area contributed by atoms with Crippen molar-refractivity contribution in [1.82, 2.24) is 0 Å². The lowest BCUT2D eigenvalue weighted by molar-refractivity contribution is 0.621. The van der Waals surface area contributed by atoms with Gasteiger partial charge in [0.2, 0.25) is 0 Å². The predicted molar refractivity (Wildman–Crippen MR) is 82.5 cm³/mol. The number of hydrogen-bond acceptors (Lipinski definition) is 3. The zero-order valence-corrected chi connectivity index (χ0v) is 12.4. The van der Waals surface area contributed by atoms with Crippen LogP contribution in [0.15, 0.2) is 35.7 Å². The highest BCUT2D eigenvalue weighted by molar-refractivity contribution is 7.09. The van der Waals surface area contributed by atoms with Crippen LogP contribution in [0.3, 0.4) is 0 Å². The van der Waals surface area contributed by atoms with Crippen LogP contribution in [-0.4, -0.2) is 6.04 Å². The normalized spacial score (nSPS) is 16.1. The average Bonchev–Trinajstić information content (AvgIpc) is 3.13. The molecule has 0 amide bonds. The number of anilines is 1. The molecule has 20 heavy (non-hydrogen) atoms. The third-order valence-corrected chi connectivity index (χ3v) is 4.54. The number of nitrogens with zero attached hydrogens (tertiary/aromatic N) is 1. The van der Waals surface area contributed by atoms with E-state index in [0.717, 1.165) is 17.8 Å². The molecule has 0 bridgehead atoms. The Hall–Kier alpha value is -1.39. The Bertz CT molecular complexity index is 576. The summed E-state index contributed by atoms with van der Waals surface area (Å²) in [6.45, 7) is 2.79. The quantitative estimate of drug-likeness (QED) is 0.899. The third-order valence-electron chi connectivity index (χ3n) is 3.68. The van der Waals surface area contributed by atoms with Gasteiger partial charge in [0.15, 0.2) is 0 Å². The highest BCUT2D eigenvalue weighted by Gasteiger charge is 2.31. The van der Waals surface area contributed by atoms with E-state index in [-0.39, 0.29) is 11.9 Å². The summed E-state index contributed by atoms with van der Waals surface area (Å²) in [5, 5.41) is 2.09. The summed E-state index contributed by atoms with van der Waals surface area (Å²) < 4.78 is 13.5. The van der Waals surface area contributed by atoms with Gasteiger partial charge in [-0.05, 0) is 55.0 Å². The Morgan fingerprint density at radius 2 is 2.20 bits per heavy atom. The van der Waals surface area contributed by atoms with Crippen LogP contribution >= 0.6 is 11.3 Å². The third kappa shape index (κ3) is 2.86. The number of halogens is 1. The van der Waals surface area contributed by atoms with Crippen molar-refractivity contribution in [2.45, 2.75) is 38.4 Å². The van der Waals surface area contributed by atoms with Gasteiger partial charge < -0.3 is 10.6 Å². The van der Waals surface area contributed by atoms with Crippen LogP contribution in [-0.2, 0) is 6.54 Å². The number of benzene rings is 1. The molecular weight excluding hydrogens is 271 g/mol. The topological polar surface area (TPSA) is 29.3 Å². The van der Waals surface area contributed by atoms with Crippen LogP contribution < -0.4 is 10.6 Å². The summed E-state index contributed by atoms with van der Waals surface area (Å²) in [6, 6.07) is 9.61. The van der Waals surface area contributed by atoms with Crippen LogP contribution in [0.1, 0.15) is 36.2 Å². The van der Waals surface area contributed by atoms with Gasteiger partial charge >= 0.3 is 0 Å². The minimum absolute atomic E-state index is 0.162. The largest absolute Gasteiger partial charge is 0.363 e. The minimum Gasteiger partial charge on any atom is -0.363 e. The summed E-state index contributed by atoms with van der Waals surface area (Å²) in [4.78, 5) is 3.71. The van der Waals surface area contributed by atoms with Gasteiger partial charge in [0, 0.05) is 22.6 Å². The molecule has 106 valence electrons. The molecule has 1 heterocycles. The van der Waals surface area contributed by atoms with E-state index in [4.69, 9.17) is 5.73 Å². The van der Waals surface area contributed by atoms with Crippen LogP contribution in [0.5, 0.6) is 0 Å². The van der Waals surface area contributed by atoms with E-state index in [0.29, 0.717) is 6.04 Å². The zero-order chi connectivity index (χ0) is 14.1. The maximum absolute atomic E-state index is 13.5. The number of nitrogens with two attached hydrogens (primary N) is 1. The van der Waals surface area contributed by atoms with Gasteiger partial charge in [-0.3, -0.25) is 0 Å². The molecule has 1 aromatic carbocycles. The van der Waals surface area contributed by atoms with Crippen molar-refractivity contribution in [1.29, 1.82) is 0 Å². The number of hydrogen-bond donors (Lipinski definition) is 1. The highest BCUT2D eigenvalue weighted by atomic mass is 32.1. The lowest BCUT2D eigenvalue weighted by atomic mass is 10.1. The van der Waals surface area contributed by atoms with Gasteiger partial charge in [0.1, 0.15) is 5.82 Å². The first-order chi connectivity index (χ1) is 9.65. The first kappa shape index (κ1) is 13.6. The lowest BCUT2D eigenvalue weighted by Crippen LogP contribution is -2.27. The summed E-state index contributed by atoms with van der Waals surface area (Å²) in [5.41, 5.74) is 8.00. The molecule has 1 aliphatic rings. The molecule has 1 fully saturated rings. The molecule has 4 heteroatoms. The van der Waals surface area contributed by atoms with E-state index >= 15 is 0 Å². The zero-order valence-electron chi connectivity index (χ0n) is 11.6. The Balaban J connectivity index is 1.95. The maximum Gasteiger partial charge on any atom is 0.123 e. The second-order valence-electron chi connectivity index (χ2n) is 5.43. The van der Waals surface area contributed by atoms with Gasteiger partial charge in [-0.1, -0.05) is 6.07 Å². The Morgan fingerprint density at radius 3 is 2.80 bits per heavy atom. The average molecular weight is 290 g/mol. The van der Waals surface area contributed by atoms with Crippen LogP contribution in [0.2, 0.25) is 0 Å². The first-order valence-electron chi connectivity index (χ1n) is 6.99. The van der Waals surface area contributed by atoms with Crippen molar-refractivity contribution in [3.05, 3.63) is 52.0 Å². The fraction of sp³-hybridized carbons (Fsp3) is 0.375. The lowest BCUT2D eigenvalue weighted by Gasteiger charge is -2.28. The van der Waals surface area contributed by atoms with Gasteiger partial charge in [0.05, 0.1) is 6.54 Å². The molecule has 3 rings (SSSR count). The van der Waals surface area contributed by atoms with Crippen LogP contribution in [0.4, 0.5) is 10.1 Å². The van der Waals surface area contributed by atoms with Crippen molar-refractivity contribution in [2.75, 3.05) is 4.90 Å². The maximum atomic E-state index is 13.5. The van der Waals surface area contributed by atoms with Crippen molar-refractivity contribution in [3.63, 3.8) is 0 Å². The van der Waals surface area contributed by atoms with Crippen molar-refractivity contribution < 1.29 is 4.39 Å². The van der Waals surface area contributed by atoms with Crippen molar-refractivity contribution in [2.24, 2.45) is 5.73 Å². The molecule has 0 saturated heterocycles. The predicted octanol–water partition coefficient (Wildman–Crippen LogP) is 4.08. The molecule has 0 aliphatic heterocycles. The van der Waals surface area contributed by atoms with Crippen molar-refractivity contribution >= 4 is 17.0 Å². The molecule has 1 atom stereocenters. The molecule has 0 unspecified atom stereocenters. The summed E-state index contributed by atoms with van der Waals surface area (Å²) >= 11 is 1.76. The highest BCUT2D eigenvalue weighted by Crippen LogP contribution is 2.37. The van der Waals surface area contributed by atoms with Gasteiger partial charge in [-0.25, -0.2) is 4.39 Å². The Morgan fingerprint density at radius 1 is 1.40 bits per heavy atom. The Kier molecular flexibility index (Phi) is 3.76. The summed E-state index contributed by atoms with van der Waals surface area (Å²) in [5.74, 6) is -0.215. The van der Waals surface area contributed by atoms with Gasteiger partial charge in [-0.2, -0.15) is 0 Å². The van der Waals surface area contributed by atoms with E-state index in [9.17, 15) is 4.39 Å². The summed E-state index contributed by atoms with van der Waals surface area (Å²) in [6.07, 6.45) is 2.42. The monoisotopic (exact) mass is 290 g/mol. The standard InChI is InChI=1S/C16H19FN2S/c1-11(18)15-9-12(17)4-7-16(15)19(13-5-6-13)10-14-3-2-8-20-14/h2-4,7-9,11,13H,5-6,10,18H2,1H3/t11-/m0/s1. The molecule has 1 aliphatic carbocycles. The SMILES string of the molecule is C[C@H](N)c1cc(F)ccc1N(Cc1cccs1)C1CC1. The first-order valence-corrected chi connectivity index (χ1v) is 7.87. The van der Waals surface area contributed by atoms with Crippen LogP contribution in [0, 0.1) is 5.82 Å². The van der Waals surface area contributed by atoms with E-state index in [1.54, 1.807) is 17.4 Å². The molecule has 2 N–H and O–H groups in total. The van der Waals surface area contributed by atoms with E-state index < -0.39 is 0 Å². The smallest absolute Gasteiger partial charge is 0.123 e. The Labute approximate surface area is 123 Å². The fourth-order valence-corrected chi connectivity index (χ4v) is 3.22.